The molecule has 2 aliphatic rings. The highest BCUT2D eigenvalue weighted by Crippen LogP contribution is 2.19. The zero-order valence-corrected chi connectivity index (χ0v) is 14.1. The third-order valence-corrected chi connectivity index (χ3v) is 4.81. The van der Waals surface area contributed by atoms with Gasteiger partial charge in [-0.25, -0.2) is 0 Å². The Hall–Kier alpha value is -1.59. The highest BCUT2D eigenvalue weighted by molar-refractivity contribution is 5.95. The number of nitrogens with zero attached hydrogens (tertiary/aromatic N) is 2. The molecule has 1 aromatic carbocycles. The lowest BCUT2D eigenvalue weighted by molar-refractivity contribution is 0.0227. The van der Waals surface area contributed by atoms with Gasteiger partial charge in [0.15, 0.2) is 0 Å². The number of carbonyl (C=O) groups is 1. The van der Waals surface area contributed by atoms with Gasteiger partial charge in [-0.1, -0.05) is 13.3 Å². The lowest BCUT2D eigenvalue weighted by atomic mass is 10.0. The second kappa shape index (κ2) is 7.79. The van der Waals surface area contributed by atoms with Crippen molar-refractivity contribution >= 4 is 11.6 Å². The van der Waals surface area contributed by atoms with Gasteiger partial charge >= 0.3 is 0 Å². The zero-order valence-electron chi connectivity index (χ0n) is 14.1. The van der Waals surface area contributed by atoms with Crippen LogP contribution in [0.4, 0.5) is 5.69 Å². The van der Waals surface area contributed by atoms with E-state index in [-0.39, 0.29) is 5.91 Å². The number of rotatable bonds is 6. The number of piperazine rings is 1. The lowest BCUT2D eigenvalue weighted by Gasteiger charge is -2.46. The van der Waals surface area contributed by atoms with Crippen LogP contribution in [-0.4, -0.2) is 67.6 Å². The van der Waals surface area contributed by atoms with Crippen LogP contribution < -0.4 is 10.6 Å². The predicted molar refractivity (Wildman–Crippen MR) is 94.0 cm³/mol. The van der Waals surface area contributed by atoms with Crippen molar-refractivity contribution in [1.82, 2.24) is 15.1 Å². The van der Waals surface area contributed by atoms with E-state index in [0.717, 1.165) is 57.1 Å². The van der Waals surface area contributed by atoms with Crippen LogP contribution in [0, 0.1) is 0 Å². The molecule has 2 saturated heterocycles. The first kappa shape index (κ1) is 16.3. The number of hydrogen-bond donors (Lipinski definition) is 2. The number of unbranched alkanes of at least 4 members (excludes halogenated alkanes) is 1. The van der Waals surface area contributed by atoms with Crippen LogP contribution in [0.2, 0.25) is 0 Å². The Labute approximate surface area is 139 Å². The molecule has 23 heavy (non-hydrogen) atoms. The number of benzene rings is 1. The minimum absolute atomic E-state index is 0.163. The van der Waals surface area contributed by atoms with Crippen LogP contribution in [0.25, 0.3) is 0 Å². The van der Waals surface area contributed by atoms with Crippen molar-refractivity contribution in [3.05, 3.63) is 29.8 Å². The molecule has 3 rings (SSSR count). The van der Waals surface area contributed by atoms with Gasteiger partial charge in [0.25, 0.3) is 5.91 Å². The highest BCUT2D eigenvalue weighted by Gasteiger charge is 2.35. The quantitative estimate of drug-likeness (QED) is 0.783. The van der Waals surface area contributed by atoms with Crippen molar-refractivity contribution in [3.8, 4) is 0 Å². The molecule has 2 fully saturated rings. The average molecular weight is 316 g/mol. The van der Waals surface area contributed by atoms with Gasteiger partial charge in [0.1, 0.15) is 0 Å². The van der Waals surface area contributed by atoms with Crippen LogP contribution in [0.3, 0.4) is 0 Å². The summed E-state index contributed by atoms with van der Waals surface area (Å²) in [6.07, 6.45) is 2.36. The highest BCUT2D eigenvalue weighted by atomic mass is 16.2. The molecule has 1 aromatic rings. The van der Waals surface area contributed by atoms with E-state index in [4.69, 9.17) is 0 Å². The van der Waals surface area contributed by atoms with E-state index >= 15 is 0 Å². The Kier molecular flexibility index (Phi) is 5.51. The fourth-order valence-electron chi connectivity index (χ4n) is 3.22. The van der Waals surface area contributed by atoms with E-state index in [9.17, 15) is 4.79 Å². The molecule has 5 heteroatoms. The van der Waals surface area contributed by atoms with Crippen molar-refractivity contribution in [2.24, 2.45) is 0 Å². The summed E-state index contributed by atoms with van der Waals surface area (Å²) in [6, 6.07) is 8.45. The fraction of sp³-hybridized carbons (Fsp3) is 0.611. The van der Waals surface area contributed by atoms with Gasteiger partial charge in [-0.3, -0.25) is 9.69 Å². The summed E-state index contributed by atoms with van der Waals surface area (Å²) in [5.74, 6) is 0.163. The number of likely N-dealkylation sites (tertiary alicyclic amines) is 1. The topological polar surface area (TPSA) is 47.6 Å². The second-order valence-electron chi connectivity index (χ2n) is 6.51. The fourth-order valence-corrected chi connectivity index (χ4v) is 3.22. The van der Waals surface area contributed by atoms with E-state index in [1.165, 1.54) is 12.8 Å². The Morgan fingerprint density at radius 1 is 1.22 bits per heavy atom. The normalized spacial score (nSPS) is 19.4. The third-order valence-electron chi connectivity index (χ3n) is 4.81. The Morgan fingerprint density at radius 2 is 1.91 bits per heavy atom. The molecular weight excluding hydrogens is 288 g/mol. The van der Waals surface area contributed by atoms with Gasteiger partial charge in [-0.05, 0) is 30.7 Å². The van der Waals surface area contributed by atoms with Crippen LogP contribution in [-0.2, 0) is 0 Å². The summed E-state index contributed by atoms with van der Waals surface area (Å²) in [5, 5.41) is 6.75. The maximum absolute atomic E-state index is 12.5. The maximum atomic E-state index is 12.5. The third kappa shape index (κ3) is 4.03. The first-order valence-electron chi connectivity index (χ1n) is 8.86. The molecule has 2 N–H and O–H groups in total. The van der Waals surface area contributed by atoms with E-state index in [0.29, 0.717) is 6.04 Å². The predicted octanol–water partition coefficient (Wildman–Crippen LogP) is 1.63. The molecule has 2 heterocycles. The van der Waals surface area contributed by atoms with Crippen molar-refractivity contribution in [2.45, 2.75) is 25.8 Å². The Bertz CT molecular complexity index is 504. The van der Waals surface area contributed by atoms with E-state index < -0.39 is 0 Å². The average Bonchev–Trinajstić information content (AvgIpc) is 2.55. The number of carbonyl (C=O) groups excluding carboxylic acids is 1. The van der Waals surface area contributed by atoms with Gasteiger partial charge in [0.2, 0.25) is 0 Å². The monoisotopic (exact) mass is 316 g/mol. The molecule has 0 radical (unpaired) electrons. The van der Waals surface area contributed by atoms with Crippen LogP contribution >= 0.6 is 0 Å². The SMILES string of the molecule is CCCCNc1ccc(C(=O)N2CC(N3CCNCC3)C2)cc1. The number of nitrogens with one attached hydrogen (secondary N) is 2. The molecule has 0 aromatic heterocycles. The molecule has 0 aliphatic carbocycles. The molecule has 0 atom stereocenters. The number of anilines is 1. The maximum Gasteiger partial charge on any atom is 0.253 e. The lowest BCUT2D eigenvalue weighted by Crippen LogP contribution is -2.63. The van der Waals surface area contributed by atoms with Gasteiger partial charge in [0.05, 0.1) is 0 Å². The molecule has 0 unspecified atom stereocenters. The molecule has 1 amide bonds. The first-order chi connectivity index (χ1) is 11.3. The molecule has 2 aliphatic heterocycles. The molecule has 0 spiro atoms. The molecule has 0 bridgehead atoms. The van der Waals surface area contributed by atoms with Crippen LogP contribution in [0.5, 0.6) is 0 Å². The van der Waals surface area contributed by atoms with Crippen LogP contribution in [0.1, 0.15) is 30.1 Å². The van der Waals surface area contributed by atoms with Crippen molar-refractivity contribution in [1.29, 1.82) is 0 Å². The number of hydrogen-bond acceptors (Lipinski definition) is 4. The van der Waals surface area contributed by atoms with Crippen molar-refractivity contribution in [3.63, 3.8) is 0 Å². The molecular formula is C18H28N4O. The summed E-state index contributed by atoms with van der Waals surface area (Å²) >= 11 is 0. The summed E-state index contributed by atoms with van der Waals surface area (Å²) in [6.45, 7) is 9.25. The van der Waals surface area contributed by atoms with Gasteiger partial charge in [-0.15, -0.1) is 0 Å². The van der Waals surface area contributed by atoms with Gasteiger partial charge < -0.3 is 15.5 Å². The van der Waals surface area contributed by atoms with Gasteiger partial charge in [0, 0.05) is 63.1 Å². The van der Waals surface area contributed by atoms with Gasteiger partial charge in [-0.2, -0.15) is 0 Å². The van der Waals surface area contributed by atoms with E-state index in [1.807, 2.05) is 29.2 Å². The summed E-state index contributed by atoms with van der Waals surface area (Å²) < 4.78 is 0. The van der Waals surface area contributed by atoms with E-state index in [1.54, 1.807) is 0 Å². The first-order valence-corrected chi connectivity index (χ1v) is 8.86. The minimum Gasteiger partial charge on any atom is -0.385 e. The van der Waals surface area contributed by atoms with Crippen molar-refractivity contribution < 1.29 is 4.79 Å². The largest absolute Gasteiger partial charge is 0.385 e. The van der Waals surface area contributed by atoms with Crippen molar-refractivity contribution in [2.75, 3.05) is 51.1 Å². The molecule has 0 saturated carbocycles. The summed E-state index contributed by atoms with van der Waals surface area (Å²) in [7, 11) is 0. The Balaban J connectivity index is 1.47. The summed E-state index contributed by atoms with van der Waals surface area (Å²) in [5.41, 5.74) is 1.89. The standard InChI is InChI=1S/C18H28N4O/c1-2-3-8-20-16-6-4-15(5-7-16)18(23)22-13-17(14-22)21-11-9-19-10-12-21/h4-7,17,19-20H,2-3,8-14H2,1H3. The molecule has 126 valence electrons. The minimum atomic E-state index is 0.163. The second-order valence-corrected chi connectivity index (χ2v) is 6.51. The van der Waals surface area contributed by atoms with E-state index in [2.05, 4.69) is 22.5 Å². The number of amides is 1. The zero-order chi connectivity index (χ0) is 16.1. The summed E-state index contributed by atoms with van der Waals surface area (Å²) in [4.78, 5) is 17.0. The van der Waals surface area contributed by atoms with Crippen LogP contribution in [0.15, 0.2) is 24.3 Å². The molecule has 5 nitrogen and oxygen atoms in total. The smallest absolute Gasteiger partial charge is 0.253 e. The Morgan fingerprint density at radius 3 is 2.57 bits per heavy atom.